The van der Waals surface area contributed by atoms with Gasteiger partial charge in [0.25, 0.3) is 0 Å². The summed E-state index contributed by atoms with van der Waals surface area (Å²) in [4.78, 5) is 50.1. The van der Waals surface area contributed by atoms with Crippen LogP contribution in [0.3, 0.4) is 0 Å². The van der Waals surface area contributed by atoms with Crippen molar-refractivity contribution in [2.75, 3.05) is 18.9 Å². The van der Waals surface area contributed by atoms with Crippen LogP contribution in [0.15, 0.2) is 29.5 Å². The van der Waals surface area contributed by atoms with E-state index in [-0.39, 0.29) is 34.1 Å². The van der Waals surface area contributed by atoms with Crippen LogP contribution < -0.4 is 16.4 Å². The van der Waals surface area contributed by atoms with Crippen LogP contribution >= 0.6 is 0 Å². The van der Waals surface area contributed by atoms with Gasteiger partial charge in [0, 0.05) is 11.1 Å². The molecule has 0 aliphatic heterocycles. The van der Waals surface area contributed by atoms with Crippen molar-refractivity contribution < 1.29 is 44.7 Å². The molecule has 2 aliphatic rings. The molecule has 0 saturated carbocycles. The fourth-order valence-electron chi connectivity index (χ4n) is 4.56. The lowest BCUT2D eigenvalue weighted by molar-refractivity contribution is -0.140. The lowest BCUT2D eigenvalue weighted by Gasteiger charge is -2.37. The maximum absolute atomic E-state index is 13.5. The molecule has 0 heterocycles. The van der Waals surface area contributed by atoms with Crippen LogP contribution in [0.2, 0.25) is 0 Å². The van der Waals surface area contributed by atoms with Gasteiger partial charge in [-0.3, -0.25) is 19.2 Å². The van der Waals surface area contributed by atoms with Crippen LogP contribution in [0.1, 0.15) is 21.5 Å². The molecular formula is C23H21N3O9. The van der Waals surface area contributed by atoms with Gasteiger partial charge in [-0.25, -0.2) is 0 Å². The monoisotopic (exact) mass is 483 g/mol. The summed E-state index contributed by atoms with van der Waals surface area (Å²) in [6.45, 7) is 1.37. The highest BCUT2D eigenvalue weighted by molar-refractivity contribution is 6.31. The zero-order valence-electron chi connectivity index (χ0n) is 18.5. The molecule has 0 spiro atoms. The highest BCUT2D eigenvalue weighted by atomic mass is 16.3. The molecule has 0 aromatic heterocycles. The molecule has 2 aromatic carbocycles. The first kappa shape index (κ1) is 23.7. The summed E-state index contributed by atoms with van der Waals surface area (Å²) >= 11 is 0. The normalized spacial score (nSPS) is 21.5. The van der Waals surface area contributed by atoms with E-state index < -0.39 is 69.1 Å². The number of aryl methyl sites for hydroxylation is 1. The number of amides is 2. The predicted octanol–water partition coefficient (Wildman–Crippen LogP) is 0.0399. The number of nitrogens with one attached hydrogen (secondary N) is 2. The lowest BCUT2D eigenvalue weighted by atomic mass is 9.67. The quantitative estimate of drug-likeness (QED) is 0.215. The van der Waals surface area contributed by atoms with Crippen molar-refractivity contribution in [2.24, 2.45) is 11.7 Å². The van der Waals surface area contributed by atoms with Crippen molar-refractivity contribution in [2.45, 2.75) is 12.5 Å². The summed E-state index contributed by atoms with van der Waals surface area (Å²) < 4.78 is 0. The second kappa shape index (κ2) is 7.82. The summed E-state index contributed by atoms with van der Waals surface area (Å²) in [6.07, 6.45) is 0.714. The largest absolute Gasteiger partial charge is 0.511 e. The minimum absolute atomic E-state index is 0.0802. The molecule has 0 radical (unpaired) electrons. The second-order valence-electron chi connectivity index (χ2n) is 8.26. The molecule has 12 nitrogen and oxygen atoms in total. The summed E-state index contributed by atoms with van der Waals surface area (Å²) in [5, 5.41) is 59.1. The number of carbonyl (C=O) groups excluding carboxylic acids is 4. The number of Topliss-reactive ketones (excluding diaryl/α,β-unsaturated/α-hetero) is 2. The number of aliphatic hydroxyl groups excluding tert-OH is 2. The number of likely N-dealkylation sites (N-methyl/N-ethyl adjacent to an activating group) is 1. The van der Waals surface area contributed by atoms with E-state index >= 15 is 0 Å². The van der Waals surface area contributed by atoms with Crippen LogP contribution in [0, 0.1) is 12.8 Å². The molecule has 182 valence electrons. The van der Waals surface area contributed by atoms with Crippen molar-refractivity contribution in [1.82, 2.24) is 5.32 Å². The number of ketones is 2. The Balaban J connectivity index is 2.05. The predicted molar refractivity (Wildman–Crippen MR) is 122 cm³/mol. The number of carbonyl (C=O) groups is 4. The van der Waals surface area contributed by atoms with Gasteiger partial charge in [-0.05, 0) is 37.1 Å². The Labute approximate surface area is 197 Å². The van der Waals surface area contributed by atoms with Crippen molar-refractivity contribution in [3.05, 3.63) is 46.2 Å². The van der Waals surface area contributed by atoms with Gasteiger partial charge < -0.3 is 41.9 Å². The molecule has 4 rings (SSSR count). The number of aliphatic hydroxyl groups is 3. The molecule has 2 aromatic rings. The zero-order chi connectivity index (χ0) is 26.0. The van der Waals surface area contributed by atoms with Crippen molar-refractivity contribution in [3.63, 3.8) is 0 Å². The average Bonchev–Trinajstić information content (AvgIpc) is 2.78. The van der Waals surface area contributed by atoms with Gasteiger partial charge in [-0.2, -0.15) is 0 Å². The lowest BCUT2D eigenvalue weighted by Crippen LogP contribution is -2.57. The van der Waals surface area contributed by atoms with Crippen LogP contribution in [0.5, 0.6) is 11.5 Å². The van der Waals surface area contributed by atoms with Crippen LogP contribution in [0.4, 0.5) is 5.69 Å². The SMILES string of the molecule is CNCC(=O)Nc1ccc2c(C)c3c(c(O)c2c1O)C(=O)C1(O)C(=O)C(C(N)=O)C(O)=CC1=C3O. The van der Waals surface area contributed by atoms with Gasteiger partial charge in [0.2, 0.25) is 23.2 Å². The van der Waals surface area contributed by atoms with E-state index in [9.17, 15) is 44.7 Å². The molecule has 35 heavy (non-hydrogen) atoms. The third-order valence-electron chi connectivity index (χ3n) is 6.22. The summed E-state index contributed by atoms with van der Waals surface area (Å²) in [5.74, 6) is -9.97. The number of hydrogen-bond donors (Lipinski definition) is 8. The van der Waals surface area contributed by atoms with Gasteiger partial charge in [0.15, 0.2) is 17.5 Å². The molecule has 12 heteroatoms. The van der Waals surface area contributed by atoms with E-state index in [0.717, 1.165) is 0 Å². The van der Waals surface area contributed by atoms with E-state index in [0.29, 0.717) is 6.08 Å². The smallest absolute Gasteiger partial charge is 0.238 e. The first-order valence-corrected chi connectivity index (χ1v) is 10.3. The molecule has 2 unspecified atom stereocenters. The molecule has 2 aliphatic carbocycles. The molecule has 2 atom stereocenters. The summed E-state index contributed by atoms with van der Waals surface area (Å²) in [7, 11) is 1.54. The van der Waals surface area contributed by atoms with Gasteiger partial charge >= 0.3 is 0 Å². The van der Waals surface area contributed by atoms with E-state index in [4.69, 9.17) is 5.73 Å². The third kappa shape index (κ3) is 3.07. The topological polar surface area (TPSA) is 220 Å². The Morgan fingerprint density at radius 1 is 1.09 bits per heavy atom. The maximum Gasteiger partial charge on any atom is 0.238 e. The number of primary amides is 1. The molecule has 0 bridgehead atoms. The first-order chi connectivity index (χ1) is 16.4. The maximum atomic E-state index is 13.5. The van der Waals surface area contributed by atoms with E-state index in [1.807, 2.05) is 0 Å². The number of aromatic hydroxyl groups is 2. The number of benzene rings is 2. The Kier molecular flexibility index (Phi) is 5.30. The highest BCUT2D eigenvalue weighted by Gasteiger charge is 2.59. The van der Waals surface area contributed by atoms with Crippen molar-refractivity contribution >= 4 is 45.6 Å². The number of phenols is 2. The van der Waals surface area contributed by atoms with Gasteiger partial charge in [0.1, 0.15) is 17.3 Å². The molecule has 2 amide bonds. The molecule has 9 N–H and O–H groups in total. The Morgan fingerprint density at radius 3 is 2.34 bits per heavy atom. The van der Waals surface area contributed by atoms with Gasteiger partial charge in [-0.1, -0.05) is 6.07 Å². The summed E-state index contributed by atoms with van der Waals surface area (Å²) in [5.41, 5.74) is 0.457. The van der Waals surface area contributed by atoms with E-state index in [1.165, 1.54) is 26.1 Å². The Morgan fingerprint density at radius 2 is 1.74 bits per heavy atom. The number of hydrogen-bond acceptors (Lipinski definition) is 10. The van der Waals surface area contributed by atoms with Gasteiger partial charge in [-0.15, -0.1) is 0 Å². The number of nitrogens with two attached hydrogens (primary N) is 1. The number of phenolic OH excluding ortho intramolecular Hbond substituents is 2. The van der Waals surface area contributed by atoms with Crippen LogP contribution in [-0.2, 0) is 14.4 Å². The Hall–Kier alpha value is -4.42. The average molecular weight is 483 g/mol. The minimum atomic E-state index is -3.14. The number of fused-ring (bicyclic) bond motifs is 3. The highest BCUT2D eigenvalue weighted by Crippen LogP contribution is 2.51. The van der Waals surface area contributed by atoms with Crippen LogP contribution in [-0.4, -0.2) is 68.1 Å². The fraction of sp³-hybridized carbons (Fsp3) is 0.217. The van der Waals surface area contributed by atoms with Crippen molar-refractivity contribution in [1.29, 1.82) is 0 Å². The van der Waals surface area contributed by atoms with E-state index in [2.05, 4.69) is 10.6 Å². The first-order valence-electron chi connectivity index (χ1n) is 10.3. The third-order valence-corrected chi connectivity index (χ3v) is 6.22. The second-order valence-corrected chi connectivity index (χ2v) is 8.26. The van der Waals surface area contributed by atoms with Crippen molar-refractivity contribution in [3.8, 4) is 11.5 Å². The molecular weight excluding hydrogens is 462 g/mol. The molecule has 0 fully saturated rings. The van der Waals surface area contributed by atoms with Gasteiger partial charge in [0.05, 0.1) is 23.2 Å². The van der Waals surface area contributed by atoms with Crippen LogP contribution in [0.25, 0.3) is 16.5 Å². The molecule has 0 saturated heterocycles. The number of anilines is 1. The minimum Gasteiger partial charge on any atom is -0.511 e. The summed E-state index contributed by atoms with van der Waals surface area (Å²) in [6, 6.07) is 2.77. The standard InChI is InChI=1S/C23H21N3O9/c1-7-8-3-4-10(26-12(28)6-25-2)18(30)14(8)19(31)16-13(7)17(29)9-5-11(27)15(22(24)34)20(32)23(9,35)21(16)33/h3-5,15,25,27,29-31,35H,6H2,1-2H3,(H2,24,34)(H,26,28). The fourth-order valence-corrected chi connectivity index (χ4v) is 4.56. The van der Waals surface area contributed by atoms with E-state index in [1.54, 1.807) is 0 Å². The zero-order valence-corrected chi connectivity index (χ0v) is 18.5. The number of rotatable bonds is 4. The Bertz CT molecular complexity index is 1440.